The number of nitrogens with one attached hydrogen (secondary N) is 1. The number of rotatable bonds is 2. The molecule has 76 valence electrons. The minimum Gasteiger partial charge on any atom is -0.345 e. The Balaban J connectivity index is 2.24. The van der Waals surface area contributed by atoms with Crippen LogP contribution in [0.4, 0.5) is 0 Å². The summed E-state index contributed by atoms with van der Waals surface area (Å²) >= 11 is 0. The molecule has 0 spiro atoms. The highest BCUT2D eigenvalue weighted by molar-refractivity contribution is 5.67. The average molecular weight is 198 g/mol. The van der Waals surface area contributed by atoms with Gasteiger partial charge in [-0.25, -0.2) is 4.98 Å². The van der Waals surface area contributed by atoms with Gasteiger partial charge in [-0.3, -0.25) is 0 Å². The average Bonchev–Trinajstić information content (AvgIpc) is 2.65. The van der Waals surface area contributed by atoms with Crippen molar-refractivity contribution >= 4 is 12.2 Å². The molecule has 1 aromatic carbocycles. The largest absolute Gasteiger partial charge is 0.345 e. The van der Waals surface area contributed by atoms with Crippen molar-refractivity contribution in [1.29, 1.82) is 0 Å². The Morgan fingerprint density at radius 2 is 1.80 bits per heavy atom. The van der Waals surface area contributed by atoms with E-state index in [9.17, 15) is 0 Å². The predicted octanol–water partition coefficient (Wildman–Crippen LogP) is 3.20. The Morgan fingerprint density at radius 1 is 1.07 bits per heavy atom. The van der Waals surface area contributed by atoms with Crippen molar-refractivity contribution in [2.75, 3.05) is 0 Å². The van der Waals surface area contributed by atoms with Crippen molar-refractivity contribution in [3.63, 3.8) is 0 Å². The highest BCUT2D eigenvalue weighted by atomic mass is 14.9. The third kappa shape index (κ3) is 2.56. The number of aromatic nitrogens is 2. The maximum absolute atomic E-state index is 4.13. The number of hydrogen-bond acceptors (Lipinski definition) is 1. The first-order chi connectivity index (χ1) is 7.24. The van der Waals surface area contributed by atoms with E-state index in [2.05, 4.69) is 48.1 Å². The van der Waals surface area contributed by atoms with Gasteiger partial charge in [-0.15, -0.1) is 0 Å². The highest BCUT2D eigenvalue weighted by Crippen LogP contribution is 2.11. The summed E-state index contributed by atoms with van der Waals surface area (Å²) < 4.78 is 0. The van der Waals surface area contributed by atoms with Crippen LogP contribution in [0, 0.1) is 13.8 Å². The first kappa shape index (κ1) is 9.71. The number of nitrogens with zero attached hydrogens (tertiary/aromatic N) is 1. The summed E-state index contributed by atoms with van der Waals surface area (Å²) in [6.45, 7) is 4.22. The topological polar surface area (TPSA) is 28.7 Å². The van der Waals surface area contributed by atoms with Gasteiger partial charge in [0.2, 0.25) is 0 Å². The Kier molecular flexibility index (Phi) is 2.68. The first-order valence-corrected chi connectivity index (χ1v) is 5.00. The zero-order valence-electron chi connectivity index (χ0n) is 8.99. The van der Waals surface area contributed by atoms with Gasteiger partial charge in [-0.1, -0.05) is 35.4 Å². The van der Waals surface area contributed by atoms with Crippen molar-refractivity contribution < 1.29 is 0 Å². The summed E-state index contributed by atoms with van der Waals surface area (Å²) in [5.41, 5.74) is 3.78. The van der Waals surface area contributed by atoms with E-state index in [1.807, 2.05) is 12.3 Å². The molecule has 0 aliphatic heterocycles. The van der Waals surface area contributed by atoms with E-state index >= 15 is 0 Å². The maximum atomic E-state index is 4.13. The number of aromatic amines is 1. The Bertz CT molecular complexity index is 447. The Morgan fingerprint density at radius 3 is 2.40 bits per heavy atom. The van der Waals surface area contributed by atoms with Gasteiger partial charge in [-0.2, -0.15) is 0 Å². The van der Waals surface area contributed by atoms with Crippen LogP contribution in [0.1, 0.15) is 22.5 Å². The van der Waals surface area contributed by atoms with Crippen LogP contribution in [0.15, 0.2) is 30.6 Å². The van der Waals surface area contributed by atoms with Crippen molar-refractivity contribution in [3.05, 3.63) is 53.1 Å². The fraction of sp³-hybridized carbons (Fsp3) is 0.154. The smallest absolute Gasteiger partial charge is 0.129 e. The van der Waals surface area contributed by atoms with E-state index in [0.29, 0.717) is 0 Å². The van der Waals surface area contributed by atoms with Crippen molar-refractivity contribution in [2.24, 2.45) is 0 Å². The number of hydrogen-bond donors (Lipinski definition) is 1. The van der Waals surface area contributed by atoms with Crippen molar-refractivity contribution in [1.82, 2.24) is 9.97 Å². The molecule has 2 heteroatoms. The van der Waals surface area contributed by atoms with Crippen LogP contribution in [0.2, 0.25) is 0 Å². The van der Waals surface area contributed by atoms with Crippen LogP contribution in [-0.2, 0) is 0 Å². The molecule has 0 aliphatic rings. The standard InChI is InChI=1S/C13H14N2/c1-10-7-11(2)9-12(8-10)3-4-13-14-5-6-15-13/h3-9H,1-2H3,(H,14,15). The lowest BCUT2D eigenvalue weighted by molar-refractivity contribution is 1.27. The van der Waals surface area contributed by atoms with E-state index in [0.717, 1.165) is 5.82 Å². The maximum Gasteiger partial charge on any atom is 0.129 e. The zero-order valence-corrected chi connectivity index (χ0v) is 8.99. The van der Waals surface area contributed by atoms with Gasteiger partial charge in [0.15, 0.2) is 0 Å². The second kappa shape index (κ2) is 4.13. The lowest BCUT2D eigenvalue weighted by Gasteiger charge is -1.99. The number of benzene rings is 1. The normalized spacial score (nSPS) is 11.1. The minimum atomic E-state index is 0.883. The molecule has 15 heavy (non-hydrogen) atoms. The van der Waals surface area contributed by atoms with Gasteiger partial charge in [0.05, 0.1) is 0 Å². The highest BCUT2D eigenvalue weighted by Gasteiger charge is 1.92. The molecule has 2 nitrogen and oxygen atoms in total. The molecule has 1 aromatic heterocycles. The summed E-state index contributed by atoms with van der Waals surface area (Å²) in [7, 11) is 0. The first-order valence-electron chi connectivity index (χ1n) is 5.00. The molecule has 1 heterocycles. The second-order valence-electron chi connectivity index (χ2n) is 3.73. The van der Waals surface area contributed by atoms with E-state index in [1.165, 1.54) is 16.7 Å². The lowest BCUT2D eigenvalue weighted by atomic mass is 10.1. The van der Waals surface area contributed by atoms with Gasteiger partial charge in [0.25, 0.3) is 0 Å². The van der Waals surface area contributed by atoms with Crippen LogP contribution >= 0.6 is 0 Å². The number of aryl methyl sites for hydroxylation is 2. The molecule has 0 atom stereocenters. The molecule has 1 N–H and O–H groups in total. The monoisotopic (exact) mass is 198 g/mol. The summed E-state index contributed by atoms with van der Waals surface area (Å²) in [4.78, 5) is 7.17. The third-order valence-corrected chi connectivity index (χ3v) is 2.20. The van der Waals surface area contributed by atoms with E-state index in [-0.39, 0.29) is 0 Å². The third-order valence-electron chi connectivity index (χ3n) is 2.20. The fourth-order valence-electron chi connectivity index (χ4n) is 1.65. The Hall–Kier alpha value is -1.83. The lowest BCUT2D eigenvalue weighted by Crippen LogP contribution is -1.80. The Labute approximate surface area is 89.7 Å². The van der Waals surface area contributed by atoms with Crippen LogP contribution < -0.4 is 0 Å². The molecular weight excluding hydrogens is 184 g/mol. The molecule has 2 aromatic rings. The molecule has 2 rings (SSSR count). The molecule has 0 radical (unpaired) electrons. The van der Waals surface area contributed by atoms with Gasteiger partial charge >= 0.3 is 0 Å². The molecular formula is C13H14N2. The molecule has 0 fully saturated rings. The minimum absolute atomic E-state index is 0.883. The van der Waals surface area contributed by atoms with E-state index < -0.39 is 0 Å². The van der Waals surface area contributed by atoms with Crippen molar-refractivity contribution in [3.8, 4) is 0 Å². The molecule has 0 amide bonds. The summed E-state index contributed by atoms with van der Waals surface area (Å²) in [5.74, 6) is 0.883. The zero-order chi connectivity index (χ0) is 10.7. The fourth-order valence-corrected chi connectivity index (χ4v) is 1.65. The van der Waals surface area contributed by atoms with E-state index in [4.69, 9.17) is 0 Å². The van der Waals surface area contributed by atoms with Gasteiger partial charge < -0.3 is 4.98 Å². The quantitative estimate of drug-likeness (QED) is 0.788. The summed E-state index contributed by atoms with van der Waals surface area (Å²) in [6, 6.07) is 6.49. The molecule has 0 unspecified atom stereocenters. The second-order valence-corrected chi connectivity index (χ2v) is 3.73. The molecule has 0 aliphatic carbocycles. The van der Waals surface area contributed by atoms with Gasteiger partial charge in [0.1, 0.15) is 5.82 Å². The summed E-state index contributed by atoms with van der Waals surface area (Å²) in [6.07, 6.45) is 7.62. The number of H-pyrrole nitrogens is 1. The van der Waals surface area contributed by atoms with Crippen LogP contribution in [0.3, 0.4) is 0 Å². The van der Waals surface area contributed by atoms with Crippen LogP contribution in [0.25, 0.3) is 12.2 Å². The van der Waals surface area contributed by atoms with Gasteiger partial charge in [-0.05, 0) is 25.5 Å². The van der Waals surface area contributed by atoms with Crippen molar-refractivity contribution in [2.45, 2.75) is 13.8 Å². The summed E-state index contributed by atoms with van der Waals surface area (Å²) in [5, 5.41) is 0. The number of imidazole rings is 1. The molecule has 0 saturated carbocycles. The van der Waals surface area contributed by atoms with E-state index in [1.54, 1.807) is 6.20 Å². The SMILES string of the molecule is Cc1cc(C)cc(C=Cc2ncc[nH]2)c1. The van der Waals surface area contributed by atoms with Crippen LogP contribution in [-0.4, -0.2) is 9.97 Å². The predicted molar refractivity (Wildman–Crippen MR) is 63.4 cm³/mol. The van der Waals surface area contributed by atoms with Crippen LogP contribution in [0.5, 0.6) is 0 Å². The van der Waals surface area contributed by atoms with Gasteiger partial charge in [0, 0.05) is 12.4 Å². The molecule has 0 bridgehead atoms. The molecule has 0 saturated heterocycles.